The van der Waals surface area contributed by atoms with Crippen LogP contribution >= 0.6 is 27.5 Å². The molecule has 1 heterocycles. The first-order chi connectivity index (χ1) is 17.4. The van der Waals surface area contributed by atoms with Crippen molar-refractivity contribution in [3.05, 3.63) is 116 Å². The molecule has 5 aromatic rings. The molecule has 0 unspecified atom stereocenters. The molecule has 0 N–H and O–H groups in total. The van der Waals surface area contributed by atoms with E-state index in [9.17, 15) is 4.79 Å². The van der Waals surface area contributed by atoms with Crippen LogP contribution in [0.25, 0.3) is 21.7 Å². The molecule has 36 heavy (non-hydrogen) atoms. The van der Waals surface area contributed by atoms with Crippen LogP contribution in [0.1, 0.15) is 36.7 Å². The summed E-state index contributed by atoms with van der Waals surface area (Å²) in [5.41, 5.74) is 2.08. The molecule has 0 aliphatic heterocycles. The Balaban J connectivity index is 1.63. The van der Waals surface area contributed by atoms with Gasteiger partial charge in [0.25, 0.3) is 5.56 Å². The number of ether oxygens (including phenoxy) is 1. The molecular formula is C29H23BrClN3O2. The van der Waals surface area contributed by atoms with Crippen molar-refractivity contribution < 1.29 is 4.74 Å². The third-order valence-electron chi connectivity index (χ3n) is 5.92. The van der Waals surface area contributed by atoms with Gasteiger partial charge in [0.05, 0.1) is 17.1 Å². The first-order valence-corrected chi connectivity index (χ1v) is 12.7. The lowest BCUT2D eigenvalue weighted by molar-refractivity contribution is 0.306. The van der Waals surface area contributed by atoms with Gasteiger partial charge >= 0.3 is 0 Å². The predicted molar refractivity (Wildman–Crippen MR) is 151 cm³/mol. The second kappa shape index (κ2) is 10.2. The highest BCUT2D eigenvalue weighted by Gasteiger charge is 2.15. The molecule has 0 saturated heterocycles. The van der Waals surface area contributed by atoms with Crippen LogP contribution in [-0.4, -0.2) is 15.9 Å². The number of fused-ring (bicyclic) bond motifs is 2. The van der Waals surface area contributed by atoms with Crippen molar-refractivity contribution in [2.75, 3.05) is 0 Å². The highest BCUT2D eigenvalue weighted by Crippen LogP contribution is 2.28. The molecule has 0 spiro atoms. The lowest BCUT2D eigenvalue weighted by Crippen LogP contribution is -2.23. The number of halogens is 2. The van der Waals surface area contributed by atoms with E-state index >= 15 is 0 Å². The van der Waals surface area contributed by atoms with Gasteiger partial charge in [-0.05, 0) is 41.1 Å². The Labute approximate surface area is 222 Å². The minimum atomic E-state index is -0.222. The van der Waals surface area contributed by atoms with E-state index in [0.717, 1.165) is 26.4 Å². The first kappa shape index (κ1) is 24.2. The molecular weight excluding hydrogens is 538 g/mol. The van der Waals surface area contributed by atoms with Gasteiger partial charge in [-0.25, -0.2) is 4.98 Å². The fraction of sp³-hybridized carbons (Fsp3) is 0.138. The maximum absolute atomic E-state index is 13.5. The van der Waals surface area contributed by atoms with Crippen LogP contribution in [0.4, 0.5) is 0 Å². The molecule has 0 atom stereocenters. The van der Waals surface area contributed by atoms with Crippen molar-refractivity contribution in [3.8, 4) is 5.75 Å². The zero-order chi connectivity index (χ0) is 25.2. The highest BCUT2D eigenvalue weighted by molar-refractivity contribution is 9.10. The van der Waals surface area contributed by atoms with Crippen LogP contribution in [0.3, 0.4) is 0 Å². The van der Waals surface area contributed by atoms with E-state index in [1.54, 1.807) is 12.3 Å². The molecule has 1 aromatic heterocycles. The number of hydrogen-bond acceptors (Lipinski definition) is 4. The minimum absolute atomic E-state index is 0.00800. The van der Waals surface area contributed by atoms with Gasteiger partial charge in [0.1, 0.15) is 18.2 Å². The summed E-state index contributed by atoms with van der Waals surface area (Å²) in [7, 11) is 0. The van der Waals surface area contributed by atoms with Gasteiger partial charge in [-0.1, -0.05) is 89.9 Å². The zero-order valence-corrected chi connectivity index (χ0v) is 22.1. The summed E-state index contributed by atoms with van der Waals surface area (Å²) < 4.78 is 8.41. The monoisotopic (exact) mass is 559 g/mol. The fourth-order valence-corrected chi connectivity index (χ4v) is 4.62. The second-order valence-corrected chi connectivity index (χ2v) is 10.0. The maximum Gasteiger partial charge on any atom is 0.282 e. The molecule has 180 valence electrons. The summed E-state index contributed by atoms with van der Waals surface area (Å²) in [5, 5.41) is 7.81. The average Bonchev–Trinajstić information content (AvgIpc) is 2.88. The van der Waals surface area contributed by atoms with Gasteiger partial charge in [0.2, 0.25) is 0 Å². The summed E-state index contributed by atoms with van der Waals surface area (Å²) in [6, 6.07) is 25.0. The standard InChI is InChI=1S/C29H23BrClN3O2/c1-18(2)28-33-26-13-12-21(30)15-23(26)29(35)34(28)32-16-24-22-9-5-3-7-19(22)11-14-27(24)36-17-20-8-4-6-10-25(20)31/h3-16,18H,17H2,1-2H3. The van der Waals surface area contributed by atoms with E-state index in [4.69, 9.17) is 21.3 Å². The van der Waals surface area contributed by atoms with E-state index in [0.29, 0.717) is 34.1 Å². The smallest absolute Gasteiger partial charge is 0.282 e. The summed E-state index contributed by atoms with van der Waals surface area (Å²) in [4.78, 5) is 18.2. The Morgan fingerprint density at radius 1 is 1.03 bits per heavy atom. The van der Waals surface area contributed by atoms with Gasteiger partial charge in [-0.15, -0.1) is 0 Å². The van der Waals surface area contributed by atoms with Crippen molar-refractivity contribution in [1.82, 2.24) is 9.66 Å². The topological polar surface area (TPSA) is 56.5 Å². The van der Waals surface area contributed by atoms with Gasteiger partial charge in [0, 0.05) is 26.5 Å². The summed E-state index contributed by atoms with van der Waals surface area (Å²) in [6.07, 6.45) is 1.68. The minimum Gasteiger partial charge on any atom is -0.488 e. The summed E-state index contributed by atoms with van der Waals surface area (Å²) in [6.45, 7) is 4.30. The number of hydrogen-bond donors (Lipinski definition) is 0. The van der Waals surface area contributed by atoms with Crippen LogP contribution in [0.5, 0.6) is 5.75 Å². The van der Waals surface area contributed by atoms with E-state index in [1.165, 1.54) is 4.68 Å². The Morgan fingerprint density at radius 3 is 2.61 bits per heavy atom. The van der Waals surface area contributed by atoms with Crippen molar-refractivity contribution in [2.45, 2.75) is 26.4 Å². The van der Waals surface area contributed by atoms with Crippen LogP contribution in [-0.2, 0) is 6.61 Å². The third kappa shape index (κ3) is 4.79. The number of aromatic nitrogens is 2. The lowest BCUT2D eigenvalue weighted by atomic mass is 10.0. The van der Waals surface area contributed by atoms with Gasteiger partial charge < -0.3 is 4.74 Å². The third-order valence-corrected chi connectivity index (χ3v) is 6.79. The molecule has 0 amide bonds. The molecule has 5 rings (SSSR count). The lowest BCUT2D eigenvalue weighted by Gasteiger charge is -2.14. The average molecular weight is 561 g/mol. The fourth-order valence-electron chi connectivity index (χ4n) is 4.07. The Morgan fingerprint density at radius 2 is 1.81 bits per heavy atom. The van der Waals surface area contributed by atoms with E-state index in [2.05, 4.69) is 21.0 Å². The number of nitrogens with zero attached hydrogens (tertiary/aromatic N) is 3. The SMILES string of the molecule is CC(C)c1nc2ccc(Br)cc2c(=O)n1N=Cc1c(OCc2ccccc2Cl)ccc2ccccc12. The Hall–Kier alpha value is -3.48. The maximum atomic E-state index is 13.5. The predicted octanol–water partition coefficient (Wildman–Crippen LogP) is 7.55. The first-order valence-electron chi connectivity index (χ1n) is 11.6. The van der Waals surface area contributed by atoms with E-state index < -0.39 is 0 Å². The van der Waals surface area contributed by atoms with E-state index in [-0.39, 0.29) is 11.5 Å². The molecule has 0 aliphatic carbocycles. The van der Waals surface area contributed by atoms with Crippen molar-refractivity contribution in [1.29, 1.82) is 0 Å². The quantitative estimate of drug-likeness (QED) is 0.202. The van der Waals surface area contributed by atoms with Crippen molar-refractivity contribution in [2.24, 2.45) is 5.10 Å². The van der Waals surface area contributed by atoms with Gasteiger partial charge in [0.15, 0.2) is 0 Å². The Kier molecular flexibility index (Phi) is 6.90. The number of benzene rings is 4. The molecule has 7 heteroatoms. The van der Waals surface area contributed by atoms with Gasteiger partial charge in [-0.2, -0.15) is 9.78 Å². The molecule has 5 nitrogen and oxygen atoms in total. The zero-order valence-electron chi connectivity index (χ0n) is 19.8. The summed E-state index contributed by atoms with van der Waals surface area (Å²) >= 11 is 9.79. The summed E-state index contributed by atoms with van der Waals surface area (Å²) in [5.74, 6) is 1.23. The normalized spacial score (nSPS) is 11.7. The highest BCUT2D eigenvalue weighted by atomic mass is 79.9. The van der Waals surface area contributed by atoms with Crippen molar-refractivity contribution >= 4 is 55.4 Å². The van der Waals surface area contributed by atoms with Crippen LogP contribution < -0.4 is 10.3 Å². The molecule has 0 saturated carbocycles. The molecule has 0 bridgehead atoms. The Bertz CT molecular complexity index is 1680. The second-order valence-electron chi connectivity index (χ2n) is 8.73. The van der Waals surface area contributed by atoms with Crippen LogP contribution in [0.15, 0.2) is 93.2 Å². The molecule has 0 aliphatic rings. The van der Waals surface area contributed by atoms with E-state index in [1.807, 2.05) is 86.6 Å². The largest absolute Gasteiger partial charge is 0.488 e. The van der Waals surface area contributed by atoms with Crippen LogP contribution in [0.2, 0.25) is 5.02 Å². The molecule has 0 radical (unpaired) electrons. The molecule has 0 fully saturated rings. The van der Waals surface area contributed by atoms with Crippen LogP contribution in [0, 0.1) is 0 Å². The number of rotatable bonds is 6. The molecule has 4 aromatic carbocycles. The van der Waals surface area contributed by atoms with Crippen molar-refractivity contribution in [3.63, 3.8) is 0 Å². The van der Waals surface area contributed by atoms with Gasteiger partial charge in [-0.3, -0.25) is 4.79 Å².